The van der Waals surface area contributed by atoms with Crippen molar-refractivity contribution < 1.29 is 14.6 Å². The van der Waals surface area contributed by atoms with Gasteiger partial charge in [-0.05, 0) is 63.6 Å². The standard InChI is InChI=1S/C20H33NO3/c1-14(2)8-11-20(23,17-6-4-5-7-17)19(22)24-18-15(3)21-12-9-16(18)10-13-21/h8,11,14-18,23H,4-7,9-10,12-13H2,1-3H3/b11-8-. The maximum absolute atomic E-state index is 13.0. The highest BCUT2D eigenvalue weighted by atomic mass is 16.6. The van der Waals surface area contributed by atoms with E-state index in [0.29, 0.717) is 11.8 Å². The third-order valence-corrected chi connectivity index (χ3v) is 6.37. The van der Waals surface area contributed by atoms with Crippen molar-refractivity contribution >= 4 is 5.97 Å². The van der Waals surface area contributed by atoms with Gasteiger partial charge in [0.2, 0.25) is 0 Å². The summed E-state index contributed by atoms with van der Waals surface area (Å²) in [4.78, 5) is 15.4. The molecule has 24 heavy (non-hydrogen) atoms. The van der Waals surface area contributed by atoms with Crippen molar-refractivity contribution in [3.05, 3.63) is 12.2 Å². The molecule has 3 saturated heterocycles. The normalized spacial score (nSPS) is 36.4. The number of hydrogen-bond donors (Lipinski definition) is 1. The van der Waals surface area contributed by atoms with Gasteiger partial charge in [-0.2, -0.15) is 0 Å². The Morgan fingerprint density at radius 2 is 1.83 bits per heavy atom. The Kier molecular flexibility index (Phi) is 5.36. The van der Waals surface area contributed by atoms with Crippen LogP contribution in [0.25, 0.3) is 0 Å². The van der Waals surface area contributed by atoms with Crippen molar-refractivity contribution in [3.8, 4) is 0 Å². The van der Waals surface area contributed by atoms with Crippen molar-refractivity contribution in [1.29, 1.82) is 0 Å². The van der Waals surface area contributed by atoms with Gasteiger partial charge in [-0.3, -0.25) is 4.90 Å². The van der Waals surface area contributed by atoms with Crippen molar-refractivity contribution in [1.82, 2.24) is 4.90 Å². The zero-order valence-electron chi connectivity index (χ0n) is 15.4. The molecule has 4 nitrogen and oxygen atoms in total. The highest BCUT2D eigenvalue weighted by Gasteiger charge is 2.48. The lowest BCUT2D eigenvalue weighted by molar-refractivity contribution is -0.185. The van der Waals surface area contributed by atoms with Crippen LogP contribution in [0.5, 0.6) is 0 Å². The van der Waals surface area contributed by atoms with Gasteiger partial charge in [-0.25, -0.2) is 4.79 Å². The zero-order chi connectivity index (χ0) is 17.3. The highest BCUT2D eigenvalue weighted by molar-refractivity contribution is 5.82. The quantitative estimate of drug-likeness (QED) is 0.619. The summed E-state index contributed by atoms with van der Waals surface area (Å²) >= 11 is 0. The maximum atomic E-state index is 13.0. The Bertz CT molecular complexity index is 473. The first-order chi connectivity index (χ1) is 11.4. The van der Waals surface area contributed by atoms with E-state index in [1.54, 1.807) is 6.08 Å². The monoisotopic (exact) mass is 335 g/mol. The molecule has 3 aliphatic heterocycles. The average Bonchev–Trinajstić information content (AvgIpc) is 3.11. The van der Waals surface area contributed by atoms with Crippen LogP contribution in [0.3, 0.4) is 0 Å². The fourth-order valence-corrected chi connectivity index (χ4v) is 4.75. The second kappa shape index (κ2) is 7.17. The van der Waals surface area contributed by atoms with Crippen LogP contribution in [-0.2, 0) is 9.53 Å². The molecule has 0 aromatic rings. The number of esters is 1. The van der Waals surface area contributed by atoms with Gasteiger partial charge in [0.05, 0.1) is 0 Å². The summed E-state index contributed by atoms with van der Waals surface area (Å²) < 4.78 is 5.97. The first kappa shape index (κ1) is 17.9. The van der Waals surface area contributed by atoms with E-state index >= 15 is 0 Å². The number of ether oxygens (including phenoxy) is 1. The lowest BCUT2D eigenvalue weighted by Crippen LogP contribution is -2.59. The van der Waals surface area contributed by atoms with Gasteiger partial charge in [0.1, 0.15) is 6.10 Å². The molecule has 0 spiro atoms. The molecule has 4 rings (SSSR count). The minimum Gasteiger partial charge on any atom is -0.458 e. The molecule has 1 N–H and O–H groups in total. The Hall–Kier alpha value is -0.870. The number of piperidine rings is 3. The lowest BCUT2D eigenvalue weighted by atomic mass is 9.80. The van der Waals surface area contributed by atoms with Crippen LogP contribution < -0.4 is 0 Å². The van der Waals surface area contributed by atoms with E-state index < -0.39 is 11.6 Å². The van der Waals surface area contributed by atoms with Crippen LogP contribution in [0.2, 0.25) is 0 Å². The molecule has 0 radical (unpaired) electrons. The summed E-state index contributed by atoms with van der Waals surface area (Å²) in [7, 11) is 0. The van der Waals surface area contributed by atoms with E-state index in [4.69, 9.17) is 4.74 Å². The molecule has 3 atom stereocenters. The topological polar surface area (TPSA) is 49.8 Å². The Labute approximate surface area is 146 Å². The number of aliphatic hydroxyl groups is 1. The van der Waals surface area contributed by atoms with Gasteiger partial charge in [-0.15, -0.1) is 0 Å². The fourth-order valence-electron chi connectivity index (χ4n) is 4.75. The Balaban J connectivity index is 1.76. The van der Waals surface area contributed by atoms with Crippen LogP contribution in [0, 0.1) is 17.8 Å². The van der Waals surface area contributed by atoms with Gasteiger partial charge in [0.25, 0.3) is 0 Å². The van der Waals surface area contributed by atoms with Gasteiger partial charge >= 0.3 is 5.97 Å². The van der Waals surface area contributed by atoms with Crippen LogP contribution in [0.1, 0.15) is 59.3 Å². The SMILES string of the molecule is CC(C)/C=C\C(O)(C(=O)OC1C2CCN(CC2)C1C)C1CCCC1. The number of fused-ring (bicyclic) bond motifs is 3. The van der Waals surface area contributed by atoms with Crippen LogP contribution in [0.4, 0.5) is 0 Å². The van der Waals surface area contributed by atoms with Crippen molar-refractivity contribution in [2.24, 2.45) is 17.8 Å². The van der Waals surface area contributed by atoms with Crippen molar-refractivity contribution in [2.75, 3.05) is 13.1 Å². The molecule has 4 fully saturated rings. The van der Waals surface area contributed by atoms with Gasteiger partial charge in [0, 0.05) is 12.0 Å². The minimum atomic E-state index is -1.45. The maximum Gasteiger partial charge on any atom is 0.342 e. The molecular weight excluding hydrogens is 302 g/mol. The molecular formula is C20H33NO3. The molecule has 1 saturated carbocycles. The van der Waals surface area contributed by atoms with E-state index in [1.807, 2.05) is 6.08 Å². The third kappa shape index (κ3) is 3.41. The number of allylic oxidation sites excluding steroid dienone is 1. The van der Waals surface area contributed by atoms with E-state index in [2.05, 4.69) is 25.7 Å². The first-order valence-electron chi connectivity index (χ1n) is 9.78. The molecule has 2 bridgehead atoms. The zero-order valence-corrected chi connectivity index (χ0v) is 15.4. The Morgan fingerprint density at radius 3 is 2.38 bits per heavy atom. The molecule has 136 valence electrons. The number of carbonyl (C=O) groups is 1. The molecule has 3 heterocycles. The molecule has 3 unspecified atom stereocenters. The molecule has 0 amide bonds. The predicted molar refractivity (Wildman–Crippen MR) is 94.5 cm³/mol. The van der Waals surface area contributed by atoms with E-state index in [0.717, 1.165) is 51.6 Å². The molecule has 4 aliphatic rings. The molecule has 0 aromatic carbocycles. The summed E-state index contributed by atoms with van der Waals surface area (Å²) in [5, 5.41) is 11.2. The van der Waals surface area contributed by atoms with Crippen LogP contribution >= 0.6 is 0 Å². The van der Waals surface area contributed by atoms with Crippen molar-refractivity contribution in [2.45, 2.75) is 77.0 Å². The fraction of sp³-hybridized carbons (Fsp3) is 0.850. The van der Waals surface area contributed by atoms with E-state index in [-0.39, 0.29) is 18.1 Å². The van der Waals surface area contributed by atoms with Crippen LogP contribution in [0.15, 0.2) is 12.2 Å². The second-order valence-corrected chi connectivity index (χ2v) is 8.39. The number of rotatable bonds is 5. The van der Waals surface area contributed by atoms with E-state index in [9.17, 15) is 9.90 Å². The lowest BCUT2D eigenvalue weighted by Gasteiger charge is -2.49. The Morgan fingerprint density at radius 1 is 1.21 bits per heavy atom. The second-order valence-electron chi connectivity index (χ2n) is 8.39. The first-order valence-corrected chi connectivity index (χ1v) is 9.78. The summed E-state index contributed by atoms with van der Waals surface area (Å²) in [5.41, 5.74) is -1.45. The number of hydrogen-bond acceptors (Lipinski definition) is 4. The van der Waals surface area contributed by atoms with Crippen molar-refractivity contribution in [3.63, 3.8) is 0 Å². The minimum absolute atomic E-state index is 0.00334. The average molecular weight is 335 g/mol. The molecule has 1 aliphatic carbocycles. The van der Waals surface area contributed by atoms with E-state index in [1.165, 1.54) is 0 Å². The smallest absolute Gasteiger partial charge is 0.342 e. The van der Waals surface area contributed by atoms with Gasteiger partial charge in [-0.1, -0.05) is 32.8 Å². The van der Waals surface area contributed by atoms with Gasteiger partial charge < -0.3 is 9.84 Å². The largest absolute Gasteiger partial charge is 0.458 e. The summed E-state index contributed by atoms with van der Waals surface area (Å²) in [6.45, 7) is 8.50. The van der Waals surface area contributed by atoms with Crippen LogP contribution in [-0.4, -0.2) is 46.8 Å². The number of nitrogens with zero attached hydrogens (tertiary/aromatic N) is 1. The number of carbonyl (C=O) groups excluding carboxylic acids is 1. The summed E-state index contributed by atoms with van der Waals surface area (Å²) in [5.74, 6) is 0.339. The summed E-state index contributed by atoms with van der Waals surface area (Å²) in [6, 6.07) is 0.267. The molecule has 4 heteroatoms. The summed E-state index contributed by atoms with van der Waals surface area (Å²) in [6.07, 6.45) is 9.80. The predicted octanol–water partition coefficient (Wildman–Crippen LogP) is 3.15. The molecule has 0 aromatic heterocycles. The van der Waals surface area contributed by atoms with Gasteiger partial charge in [0.15, 0.2) is 5.60 Å². The highest BCUT2D eigenvalue weighted by Crippen LogP contribution is 2.39. The third-order valence-electron chi connectivity index (χ3n) is 6.37.